The molecule has 0 amide bonds. The molecule has 6 nitrogen and oxygen atoms in total. The number of fused-ring (bicyclic) bond motifs is 1. The van der Waals surface area contributed by atoms with Crippen molar-refractivity contribution in [1.29, 1.82) is 0 Å². The van der Waals surface area contributed by atoms with Gasteiger partial charge in [-0.25, -0.2) is 0 Å². The average Bonchev–Trinajstić information content (AvgIpc) is 3.00. The highest BCUT2D eigenvalue weighted by molar-refractivity contribution is 7.85. The molecule has 0 fully saturated rings. The highest BCUT2D eigenvalue weighted by Gasteiger charge is 2.22. The number of phenolic OH excluding ortho intramolecular Hbond substituents is 1. The predicted octanol–water partition coefficient (Wildman–Crippen LogP) is 4.83. The summed E-state index contributed by atoms with van der Waals surface area (Å²) in [4.78, 5) is 13.1. The van der Waals surface area contributed by atoms with Gasteiger partial charge in [-0.15, -0.1) is 0 Å². The Morgan fingerprint density at radius 3 is 2.26 bits per heavy atom. The van der Waals surface area contributed by atoms with Crippen molar-refractivity contribution in [3.05, 3.63) is 94.1 Å². The molecule has 0 bridgehead atoms. The minimum Gasteiger partial charge on any atom is -0.508 e. The van der Waals surface area contributed by atoms with Crippen molar-refractivity contribution in [3.63, 3.8) is 0 Å². The number of hydrogen-bond acceptors (Lipinski definition) is 4. The van der Waals surface area contributed by atoms with Crippen molar-refractivity contribution < 1.29 is 22.9 Å². The summed E-state index contributed by atoms with van der Waals surface area (Å²) in [6, 6.07) is 17.3. The van der Waals surface area contributed by atoms with E-state index in [0.717, 1.165) is 11.1 Å². The second-order valence-corrected chi connectivity index (χ2v) is 9.07. The fourth-order valence-electron chi connectivity index (χ4n) is 3.65. The Labute approximate surface area is 184 Å². The fourth-order valence-corrected chi connectivity index (χ4v) is 4.28. The molecule has 4 aromatic rings. The predicted molar refractivity (Wildman–Crippen MR) is 119 cm³/mol. The van der Waals surface area contributed by atoms with E-state index < -0.39 is 10.1 Å². The van der Waals surface area contributed by atoms with Gasteiger partial charge in [-0.2, -0.15) is 8.42 Å². The van der Waals surface area contributed by atoms with Gasteiger partial charge in [-0.3, -0.25) is 13.9 Å². The van der Waals surface area contributed by atoms with Crippen LogP contribution in [0.2, 0.25) is 5.02 Å². The first-order valence-electron chi connectivity index (χ1n) is 9.35. The molecule has 0 aliphatic heterocycles. The van der Waals surface area contributed by atoms with Gasteiger partial charge in [-0.1, -0.05) is 23.7 Å². The smallest absolute Gasteiger partial charge is 0.294 e. The molecule has 4 rings (SSSR count). The molecule has 1 aromatic heterocycles. The molecule has 0 aliphatic rings. The lowest BCUT2D eigenvalue weighted by molar-refractivity contribution is 0.0963. The van der Waals surface area contributed by atoms with Crippen LogP contribution in [0, 0.1) is 6.92 Å². The Hall–Kier alpha value is -3.13. The van der Waals surface area contributed by atoms with Crippen LogP contribution in [-0.4, -0.2) is 28.6 Å². The van der Waals surface area contributed by atoms with Gasteiger partial charge in [0, 0.05) is 21.7 Å². The molecule has 0 saturated heterocycles. The van der Waals surface area contributed by atoms with Crippen molar-refractivity contribution in [2.45, 2.75) is 18.2 Å². The van der Waals surface area contributed by atoms with Crippen LogP contribution in [0.4, 0.5) is 0 Å². The average molecular weight is 456 g/mol. The van der Waals surface area contributed by atoms with E-state index in [4.69, 9.17) is 11.6 Å². The SMILES string of the molecule is Cc1c(Cc2ccc(O)cc2)c2cc(S(=O)(=O)O)ccc2n1C(=O)c1ccc(Cl)cc1. The highest BCUT2D eigenvalue weighted by Crippen LogP contribution is 2.31. The Morgan fingerprint density at radius 1 is 1.00 bits per heavy atom. The maximum atomic E-state index is 13.3. The molecule has 0 atom stereocenters. The van der Waals surface area contributed by atoms with Gasteiger partial charge in [-0.05, 0) is 79.1 Å². The maximum Gasteiger partial charge on any atom is 0.294 e. The van der Waals surface area contributed by atoms with Gasteiger partial charge < -0.3 is 5.11 Å². The molecule has 1 heterocycles. The van der Waals surface area contributed by atoms with Gasteiger partial charge in [0.15, 0.2) is 0 Å². The molecule has 0 aliphatic carbocycles. The number of aromatic nitrogens is 1. The summed E-state index contributed by atoms with van der Waals surface area (Å²) in [6.45, 7) is 1.79. The number of hydrogen-bond donors (Lipinski definition) is 2. The van der Waals surface area contributed by atoms with E-state index >= 15 is 0 Å². The molecule has 8 heteroatoms. The van der Waals surface area contributed by atoms with Crippen molar-refractivity contribution in [2.24, 2.45) is 0 Å². The van der Waals surface area contributed by atoms with Crippen LogP contribution < -0.4 is 0 Å². The number of nitrogens with zero attached hydrogens (tertiary/aromatic N) is 1. The number of benzene rings is 3. The first kappa shape index (κ1) is 21.1. The third kappa shape index (κ3) is 4.07. The number of carbonyl (C=O) groups is 1. The molecule has 0 spiro atoms. The summed E-state index contributed by atoms with van der Waals surface area (Å²) in [5.41, 5.74) is 3.22. The van der Waals surface area contributed by atoms with Crippen molar-refractivity contribution >= 4 is 38.5 Å². The number of phenols is 1. The minimum atomic E-state index is -4.41. The van der Waals surface area contributed by atoms with E-state index in [1.165, 1.54) is 22.8 Å². The molecule has 0 radical (unpaired) electrons. The number of aromatic hydroxyl groups is 1. The van der Waals surface area contributed by atoms with E-state index in [2.05, 4.69) is 0 Å². The van der Waals surface area contributed by atoms with Crippen molar-refractivity contribution in [2.75, 3.05) is 0 Å². The molecule has 0 saturated carbocycles. The molecular weight excluding hydrogens is 438 g/mol. The quantitative estimate of drug-likeness (QED) is 0.429. The summed E-state index contributed by atoms with van der Waals surface area (Å²) in [5.74, 6) is -0.148. The third-order valence-electron chi connectivity index (χ3n) is 5.22. The van der Waals surface area contributed by atoms with Crippen LogP contribution in [0.3, 0.4) is 0 Å². The van der Waals surface area contributed by atoms with E-state index in [-0.39, 0.29) is 16.6 Å². The first-order valence-corrected chi connectivity index (χ1v) is 11.2. The Kier molecular flexibility index (Phi) is 5.35. The second-order valence-electron chi connectivity index (χ2n) is 7.21. The Morgan fingerprint density at radius 2 is 1.65 bits per heavy atom. The van der Waals surface area contributed by atoms with Crippen LogP contribution in [-0.2, 0) is 16.5 Å². The zero-order valence-electron chi connectivity index (χ0n) is 16.4. The first-order chi connectivity index (χ1) is 14.6. The maximum absolute atomic E-state index is 13.3. The minimum absolute atomic E-state index is 0.134. The number of halogens is 1. The van der Waals surface area contributed by atoms with E-state index in [1.807, 2.05) is 0 Å². The molecule has 31 heavy (non-hydrogen) atoms. The van der Waals surface area contributed by atoms with Crippen LogP contribution in [0.5, 0.6) is 5.75 Å². The van der Waals surface area contributed by atoms with E-state index in [1.54, 1.807) is 55.5 Å². The summed E-state index contributed by atoms with van der Waals surface area (Å²) in [7, 11) is -4.41. The molecular formula is C23H18ClNO5S. The second kappa shape index (κ2) is 7.85. The van der Waals surface area contributed by atoms with E-state index in [9.17, 15) is 22.9 Å². The molecule has 0 unspecified atom stereocenters. The van der Waals surface area contributed by atoms with Crippen LogP contribution in [0.15, 0.2) is 71.6 Å². The fraction of sp³-hybridized carbons (Fsp3) is 0.0870. The molecule has 158 valence electrons. The molecule has 3 aromatic carbocycles. The monoisotopic (exact) mass is 455 g/mol. The normalized spacial score (nSPS) is 11.7. The van der Waals surface area contributed by atoms with Gasteiger partial charge >= 0.3 is 0 Å². The zero-order chi connectivity index (χ0) is 22.3. The van der Waals surface area contributed by atoms with Gasteiger partial charge in [0.05, 0.1) is 10.4 Å². The van der Waals surface area contributed by atoms with Gasteiger partial charge in [0.2, 0.25) is 0 Å². The van der Waals surface area contributed by atoms with Crippen LogP contribution in [0.25, 0.3) is 10.9 Å². The third-order valence-corrected chi connectivity index (χ3v) is 6.32. The summed E-state index contributed by atoms with van der Waals surface area (Å²) in [6.07, 6.45) is 0.401. The largest absolute Gasteiger partial charge is 0.508 e. The Bertz CT molecular complexity index is 1410. The zero-order valence-corrected chi connectivity index (χ0v) is 18.0. The summed E-state index contributed by atoms with van der Waals surface area (Å²) in [5, 5.41) is 10.6. The lowest BCUT2D eigenvalue weighted by atomic mass is 10.0. The van der Waals surface area contributed by atoms with Gasteiger partial charge in [0.1, 0.15) is 5.75 Å². The van der Waals surface area contributed by atoms with Crippen LogP contribution >= 0.6 is 11.6 Å². The lowest BCUT2D eigenvalue weighted by Gasteiger charge is -2.08. The lowest BCUT2D eigenvalue weighted by Crippen LogP contribution is -2.13. The van der Waals surface area contributed by atoms with Crippen molar-refractivity contribution in [1.82, 2.24) is 4.57 Å². The standard InChI is InChI=1S/C23H18ClNO5S/c1-14-20(12-15-2-8-18(26)9-3-15)21-13-19(31(28,29)30)10-11-22(21)25(14)23(27)16-4-6-17(24)7-5-16/h2-11,13,26H,12H2,1H3,(H,28,29,30). The van der Waals surface area contributed by atoms with Gasteiger partial charge in [0.25, 0.3) is 16.0 Å². The number of carbonyl (C=O) groups excluding carboxylic acids is 1. The highest BCUT2D eigenvalue weighted by atomic mass is 35.5. The topological polar surface area (TPSA) is 96.6 Å². The molecule has 2 N–H and O–H groups in total. The summed E-state index contributed by atoms with van der Waals surface area (Å²) < 4.78 is 34.4. The number of rotatable bonds is 4. The van der Waals surface area contributed by atoms with E-state index in [0.29, 0.717) is 33.6 Å². The Balaban J connectivity index is 1.93. The van der Waals surface area contributed by atoms with Crippen molar-refractivity contribution in [3.8, 4) is 5.75 Å². The van der Waals surface area contributed by atoms with Crippen LogP contribution in [0.1, 0.15) is 27.2 Å². The summed E-state index contributed by atoms with van der Waals surface area (Å²) >= 11 is 5.94.